The lowest BCUT2D eigenvalue weighted by Gasteiger charge is -2.25. The third-order valence-corrected chi connectivity index (χ3v) is 6.00. The highest BCUT2D eigenvalue weighted by atomic mass is 32.1. The number of carbonyl (C=O) groups excluding carboxylic acids is 2. The molecule has 9 heteroatoms. The molecule has 2 aliphatic heterocycles. The van der Waals surface area contributed by atoms with Crippen molar-refractivity contribution in [2.75, 3.05) is 37.4 Å². The molecule has 2 N–H and O–H groups in total. The predicted octanol–water partition coefficient (Wildman–Crippen LogP) is 2.27. The highest BCUT2D eigenvalue weighted by Gasteiger charge is 2.26. The first-order valence-corrected chi connectivity index (χ1v) is 10.5. The molecule has 0 aliphatic carbocycles. The Morgan fingerprint density at radius 1 is 1.31 bits per heavy atom. The molecule has 0 saturated carbocycles. The summed E-state index contributed by atoms with van der Waals surface area (Å²) < 4.78 is 10.5. The Balaban J connectivity index is 1.30. The van der Waals surface area contributed by atoms with Crippen LogP contribution in [0, 0.1) is 0 Å². The van der Waals surface area contributed by atoms with E-state index in [0.29, 0.717) is 24.8 Å². The molecule has 8 nitrogen and oxygen atoms in total. The highest BCUT2D eigenvalue weighted by Crippen LogP contribution is 2.29. The number of aromatic nitrogens is 1. The first-order valence-electron chi connectivity index (χ1n) is 9.68. The van der Waals surface area contributed by atoms with E-state index >= 15 is 0 Å². The Kier molecular flexibility index (Phi) is 6.08. The van der Waals surface area contributed by atoms with Crippen molar-refractivity contribution in [1.82, 2.24) is 9.88 Å². The Morgan fingerprint density at radius 3 is 2.86 bits per heavy atom. The van der Waals surface area contributed by atoms with Crippen LogP contribution in [-0.2, 0) is 27.3 Å². The van der Waals surface area contributed by atoms with Crippen molar-refractivity contribution in [2.24, 2.45) is 0 Å². The molecule has 4 rings (SSSR count). The number of anilines is 2. The fraction of sp³-hybridized carbons (Fsp3) is 0.450. The number of thiazole rings is 1. The van der Waals surface area contributed by atoms with Crippen molar-refractivity contribution < 1.29 is 19.1 Å². The van der Waals surface area contributed by atoms with Crippen molar-refractivity contribution in [3.8, 4) is 5.75 Å². The maximum atomic E-state index is 12.4. The molecule has 3 heterocycles. The molecule has 0 bridgehead atoms. The molecule has 29 heavy (non-hydrogen) atoms. The fourth-order valence-corrected chi connectivity index (χ4v) is 4.54. The lowest BCUT2D eigenvalue weighted by molar-refractivity contribution is -0.124. The largest absolute Gasteiger partial charge is 0.497 e. The van der Waals surface area contributed by atoms with Gasteiger partial charge in [0.1, 0.15) is 11.9 Å². The average Bonchev–Trinajstić information content (AvgIpc) is 3.37. The molecule has 1 saturated heterocycles. The molecule has 1 aromatic heterocycles. The number of amides is 2. The van der Waals surface area contributed by atoms with E-state index in [4.69, 9.17) is 9.47 Å². The van der Waals surface area contributed by atoms with Crippen molar-refractivity contribution in [2.45, 2.75) is 31.9 Å². The van der Waals surface area contributed by atoms with E-state index in [9.17, 15) is 9.59 Å². The van der Waals surface area contributed by atoms with Gasteiger partial charge in [-0.15, -0.1) is 11.3 Å². The number of benzene rings is 1. The number of carbonyl (C=O) groups is 2. The van der Waals surface area contributed by atoms with Gasteiger partial charge in [0.25, 0.3) is 5.91 Å². The Labute approximate surface area is 173 Å². The van der Waals surface area contributed by atoms with Crippen molar-refractivity contribution in [1.29, 1.82) is 0 Å². The van der Waals surface area contributed by atoms with Gasteiger partial charge in [-0.05, 0) is 37.1 Å². The summed E-state index contributed by atoms with van der Waals surface area (Å²) in [6.07, 6.45) is 2.07. The normalized spacial score (nSPS) is 18.9. The standard InChI is InChI=1S/C20H24N4O4S/c1-27-14-6-4-13(5-7-14)21-18(25)12-24-9-8-15-17(11-24)29-20(22-15)23-19(26)16-3-2-10-28-16/h4-7,16H,2-3,8-12H2,1H3,(H,21,25)(H,22,23,26). The van der Waals surface area contributed by atoms with Crippen LogP contribution in [0.2, 0.25) is 0 Å². The van der Waals surface area contributed by atoms with Gasteiger partial charge in [-0.25, -0.2) is 4.98 Å². The average molecular weight is 417 g/mol. The summed E-state index contributed by atoms with van der Waals surface area (Å²) in [6.45, 7) is 2.35. The summed E-state index contributed by atoms with van der Waals surface area (Å²) >= 11 is 1.48. The van der Waals surface area contributed by atoms with Crippen LogP contribution in [0.1, 0.15) is 23.4 Å². The number of hydrogen-bond acceptors (Lipinski definition) is 7. The van der Waals surface area contributed by atoms with Crippen molar-refractivity contribution in [3.05, 3.63) is 34.8 Å². The van der Waals surface area contributed by atoms with Crippen LogP contribution >= 0.6 is 11.3 Å². The van der Waals surface area contributed by atoms with E-state index in [1.54, 1.807) is 7.11 Å². The number of hydrogen-bond donors (Lipinski definition) is 2. The minimum Gasteiger partial charge on any atom is -0.497 e. The number of fused-ring (bicyclic) bond motifs is 1. The smallest absolute Gasteiger partial charge is 0.255 e. The number of ether oxygens (including phenoxy) is 2. The number of rotatable bonds is 6. The molecular formula is C20H24N4O4S. The maximum absolute atomic E-state index is 12.4. The van der Waals surface area contributed by atoms with Gasteiger partial charge >= 0.3 is 0 Å². The summed E-state index contributed by atoms with van der Waals surface area (Å²) in [6, 6.07) is 7.26. The number of nitrogens with one attached hydrogen (secondary N) is 2. The van der Waals surface area contributed by atoms with E-state index in [0.717, 1.165) is 47.8 Å². The van der Waals surface area contributed by atoms with Crippen LogP contribution in [0.4, 0.5) is 10.8 Å². The van der Waals surface area contributed by atoms with Crippen LogP contribution in [0.25, 0.3) is 0 Å². The van der Waals surface area contributed by atoms with Gasteiger partial charge in [-0.2, -0.15) is 0 Å². The minimum absolute atomic E-state index is 0.0601. The summed E-state index contributed by atoms with van der Waals surface area (Å²) in [5, 5.41) is 6.39. The van der Waals surface area contributed by atoms with Crippen LogP contribution in [0.5, 0.6) is 5.75 Å². The van der Waals surface area contributed by atoms with Gasteiger partial charge in [-0.1, -0.05) is 0 Å². The third kappa shape index (κ3) is 4.92. The summed E-state index contributed by atoms with van der Waals surface area (Å²) in [7, 11) is 1.61. The molecule has 2 amide bonds. The minimum atomic E-state index is -0.367. The van der Waals surface area contributed by atoms with Gasteiger partial charge in [0.2, 0.25) is 5.91 Å². The third-order valence-electron chi connectivity index (χ3n) is 5.00. The maximum Gasteiger partial charge on any atom is 0.255 e. The summed E-state index contributed by atoms with van der Waals surface area (Å²) in [4.78, 5) is 32.3. The van der Waals surface area contributed by atoms with E-state index < -0.39 is 0 Å². The molecule has 1 atom stereocenters. The van der Waals surface area contributed by atoms with Gasteiger partial charge in [0.05, 0.1) is 19.3 Å². The van der Waals surface area contributed by atoms with Crippen LogP contribution in [-0.4, -0.2) is 54.6 Å². The predicted molar refractivity (Wildman–Crippen MR) is 110 cm³/mol. The Bertz CT molecular complexity index is 877. The van der Waals surface area contributed by atoms with Gasteiger partial charge in [0.15, 0.2) is 5.13 Å². The Hall–Kier alpha value is -2.49. The van der Waals surface area contributed by atoms with Crippen molar-refractivity contribution in [3.63, 3.8) is 0 Å². The number of nitrogens with zero attached hydrogens (tertiary/aromatic N) is 2. The molecule has 1 fully saturated rings. The molecule has 154 valence electrons. The van der Waals surface area contributed by atoms with Gasteiger partial charge in [-0.3, -0.25) is 19.8 Å². The monoisotopic (exact) mass is 416 g/mol. The molecule has 2 aliphatic rings. The second kappa shape index (κ2) is 8.89. The zero-order valence-electron chi connectivity index (χ0n) is 16.3. The van der Waals surface area contributed by atoms with E-state index in [2.05, 4.69) is 20.5 Å². The highest BCUT2D eigenvalue weighted by molar-refractivity contribution is 7.15. The first kappa shape index (κ1) is 19.8. The molecule has 0 radical (unpaired) electrons. The van der Waals surface area contributed by atoms with Crippen molar-refractivity contribution >= 4 is 34.0 Å². The van der Waals surface area contributed by atoms with Crippen LogP contribution < -0.4 is 15.4 Å². The molecule has 1 unspecified atom stereocenters. The quantitative estimate of drug-likeness (QED) is 0.751. The topological polar surface area (TPSA) is 92.8 Å². The van der Waals surface area contributed by atoms with E-state index in [1.807, 2.05) is 24.3 Å². The number of methoxy groups -OCH3 is 1. The molecule has 2 aromatic rings. The van der Waals surface area contributed by atoms with Crippen LogP contribution in [0.15, 0.2) is 24.3 Å². The zero-order chi connectivity index (χ0) is 20.2. The lowest BCUT2D eigenvalue weighted by atomic mass is 10.2. The van der Waals surface area contributed by atoms with E-state index in [-0.39, 0.29) is 17.9 Å². The Morgan fingerprint density at radius 2 is 2.14 bits per heavy atom. The summed E-state index contributed by atoms with van der Waals surface area (Å²) in [5.74, 6) is 0.568. The molecule has 1 aromatic carbocycles. The summed E-state index contributed by atoms with van der Waals surface area (Å²) in [5.41, 5.74) is 1.75. The first-order chi connectivity index (χ1) is 14.1. The fourth-order valence-electron chi connectivity index (χ4n) is 3.49. The van der Waals surface area contributed by atoms with Crippen LogP contribution in [0.3, 0.4) is 0 Å². The zero-order valence-corrected chi connectivity index (χ0v) is 17.1. The molecule has 0 spiro atoms. The second-order valence-corrected chi connectivity index (χ2v) is 8.20. The van der Waals surface area contributed by atoms with E-state index in [1.165, 1.54) is 11.3 Å². The lowest BCUT2D eigenvalue weighted by Crippen LogP contribution is -2.36. The SMILES string of the molecule is COc1ccc(NC(=O)CN2CCc3nc(NC(=O)C4CCCO4)sc3C2)cc1. The van der Waals surface area contributed by atoms with Gasteiger partial charge < -0.3 is 14.8 Å². The van der Waals surface area contributed by atoms with Gasteiger partial charge in [0, 0.05) is 36.7 Å². The molecular weight excluding hydrogens is 392 g/mol. The second-order valence-electron chi connectivity index (χ2n) is 7.12.